The van der Waals surface area contributed by atoms with Crippen LogP contribution >= 0.6 is 35.1 Å². The van der Waals surface area contributed by atoms with Crippen LogP contribution in [0, 0.1) is 0 Å². The summed E-state index contributed by atoms with van der Waals surface area (Å²) in [7, 11) is 1.58. The minimum atomic E-state index is -0.314. The molecule has 10 heteroatoms. The summed E-state index contributed by atoms with van der Waals surface area (Å²) in [5, 5.41) is 6.54. The van der Waals surface area contributed by atoms with Crippen molar-refractivity contribution in [2.45, 2.75) is 29.1 Å². The largest absolute Gasteiger partial charge is 0.497 e. The molecular weight excluding hydrogens is 452 g/mol. The van der Waals surface area contributed by atoms with Crippen LogP contribution in [0.1, 0.15) is 24.2 Å². The third-order valence-corrected chi connectivity index (χ3v) is 6.64. The average Bonchev–Trinajstić information content (AvgIpc) is 3.22. The van der Waals surface area contributed by atoms with Gasteiger partial charge in [0, 0.05) is 27.7 Å². The number of nitrogens with zero attached hydrogens (tertiary/aromatic N) is 2. The molecule has 3 rings (SSSR count). The molecule has 0 fully saturated rings. The van der Waals surface area contributed by atoms with Gasteiger partial charge >= 0.3 is 0 Å². The molecule has 31 heavy (non-hydrogen) atoms. The molecule has 1 aromatic heterocycles. The number of hydrogen-bond donors (Lipinski definition) is 2. The van der Waals surface area contributed by atoms with Crippen molar-refractivity contribution < 1.29 is 14.3 Å². The number of rotatable bonds is 9. The lowest BCUT2D eigenvalue weighted by molar-refractivity contribution is -0.115. The van der Waals surface area contributed by atoms with E-state index in [0.717, 1.165) is 10.6 Å². The normalized spacial score (nSPS) is 11.6. The van der Waals surface area contributed by atoms with Crippen molar-refractivity contribution in [3.63, 3.8) is 0 Å². The number of carbonyl (C=O) groups is 2. The van der Waals surface area contributed by atoms with Gasteiger partial charge < -0.3 is 10.1 Å². The number of carbonyl (C=O) groups excluding carboxylic acids is 2. The smallest absolute Gasteiger partial charge is 0.255 e. The second kappa shape index (κ2) is 11.2. The van der Waals surface area contributed by atoms with Gasteiger partial charge in [0.25, 0.3) is 5.91 Å². The number of amides is 2. The van der Waals surface area contributed by atoms with E-state index in [4.69, 9.17) is 4.74 Å². The van der Waals surface area contributed by atoms with Gasteiger partial charge in [-0.2, -0.15) is 9.36 Å². The highest BCUT2D eigenvalue weighted by Crippen LogP contribution is 2.27. The van der Waals surface area contributed by atoms with Crippen LogP contribution < -0.4 is 15.4 Å². The summed E-state index contributed by atoms with van der Waals surface area (Å²) in [5.41, 5.74) is 1.22. The summed E-state index contributed by atoms with van der Waals surface area (Å²) >= 11 is 4.14. The van der Waals surface area contributed by atoms with Crippen LogP contribution in [0.2, 0.25) is 0 Å². The number of methoxy groups -OCH3 is 1. The summed E-state index contributed by atoms with van der Waals surface area (Å²) in [6.07, 6.45) is 0. The first-order valence-electron chi connectivity index (χ1n) is 9.48. The topological polar surface area (TPSA) is 93.2 Å². The lowest BCUT2D eigenvalue weighted by atomic mass is 10.2. The van der Waals surface area contributed by atoms with E-state index in [1.54, 1.807) is 31.4 Å². The summed E-state index contributed by atoms with van der Waals surface area (Å²) in [5.74, 6) is 1.24. The third kappa shape index (κ3) is 6.71. The zero-order chi connectivity index (χ0) is 22.2. The van der Waals surface area contributed by atoms with Crippen LogP contribution in [0.5, 0.6) is 5.75 Å². The van der Waals surface area contributed by atoms with Crippen LogP contribution in [-0.2, 0) is 4.79 Å². The van der Waals surface area contributed by atoms with Crippen LogP contribution in [-0.4, -0.2) is 39.3 Å². The number of hydrogen-bond acceptors (Lipinski definition) is 8. The standard InChI is InChI=1S/C21H22N4O3S3/c1-4-29-21-24-20(31-25-21)23-18(26)13(2)30-17-11-7-15(8-12-17)22-19(27)14-5-9-16(28-3)10-6-14/h5-13H,4H2,1-3H3,(H,22,27)(H,23,24,25,26). The highest BCUT2D eigenvalue weighted by atomic mass is 32.2. The number of thioether (sulfide) groups is 2. The summed E-state index contributed by atoms with van der Waals surface area (Å²) < 4.78 is 9.30. The van der Waals surface area contributed by atoms with Crippen LogP contribution in [0.3, 0.4) is 0 Å². The Labute approximate surface area is 193 Å². The van der Waals surface area contributed by atoms with E-state index >= 15 is 0 Å². The van der Waals surface area contributed by atoms with Crippen molar-refractivity contribution in [1.82, 2.24) is 9.36 Å². The van der Waals surface area contributed by atoms with E-state index in [-0.39, 0.29) is 17.1 Å². The number of anilines is 2. The van der Waals surface area contributed by atoms with Gasteiger partial charge in [0.2, 0.25) is 16.2 Å². The van der Waals surface area contributed by atoms with Crippen molar-refractivity contribution in [1.29, 1.82) is 0 Å². The van der Waals surface area contributed by atoms with E-state index in [0.29, 0.717) is 27.3 Å². The second-order valence-electron chi connectivity index (χ2n) is 6.27. The van der Waals surface area contributed by atoms with E-state index in [1.807, 2.05) is 38.1 Å². The van der Waals surface area contributed by atoms with E-state index in [2.05, 4.69) is 20.0 Å². The molecule has 0 saturated heterocycles. The average molecular weight is 475 g/mol. The zero-order valence-corrected chi connectivity index (χ0v) is 19.7. The van der Waals surface area contributed by atoms with Crippen molar-refractivity contribution >= 4 is 57.7 Å². The molecule has 1 atom stereocenters. The molecular formula is C21H22N4O3S3. The van der Waals surface area contributed by atoms with Gasteiger partial charge in [-0.05, 0) is 61.2 Å². The van der Waals surface area contributed by atoms with Crippen LogP contribution in [0.25, 0.3) is 0 Å². The number of nitrogens with one attached hydrogen (secondary N) is 2. The first kappa shape index (κ1) is 23.1. The quantitative estimate of drug-likeness (QED) is 0.420. The first-order valence-corrected chi connectivity index (χ1v) is 12.1. The Balaban J connectivity index is 1.52. The Kier molecular flexibility index (Phi) is 8.33. The number of ether oxygens (including phenoxy) is 1. The summed E-state index contributed by atoms with van der Waals surface area (Å²) in [4.78, 5) is 30.0. The molecule has 1 unspecified atom stereocenters. The van der Waals surface area contributed by atoms with Crippen molar-refractivity contribution in [2.75, 3.05) is 23.5 Å². The molecule has 1 heterocycles. The Morgan fingerprint density at radius 2 is 1.81 bits per heavy atom. The molecule has 3 aromatic rings. The third-order valence-electron chi connectivity index (χ3n) is 4.06. The minimum Gasteiger partial charge on any atom is -0.497 e. The molecule has 162 valence electrons. The minimum absolute atomic E-state index is 0.133. The summed E-state index contributed by atoms with van der Waals surface area (Å²) in [6, 6.07) is 14.3. The van der Waals surface area contributed by atoms with Gasteiger partial charge in [0.15, 0.2) is 0 Å². The molecule has 2 amide bonds. The fourth-order valence-corrected chi connectivity index (χ4v) is 4.62. The maximum Gasteiger partial charge on any atom is 0.255 e. The molecule has 7 nitrogen and oxygen atoms in total. The highest BCUT2D eigenvalue weighted by molar-refractivity contribution is 8.00. The highest BCUT2D eigenvalue weighted by Gasteiger charge is 2.17. The van der Waals surface area contributed by atoms with E-state index in [9.17, 15) is 9.59 Å². The van der Waals surface area contributed by atoms with Gasteiger partial charge in [-0.1, -0.05) is 18.7 Å². The lowest BCUT2D eigenvalue weighted by Gasteiger charge is -2.11. The summed E-state index contributed by atoms with van der Waals surface area (Å²) in [6.45, 7) is 3.86. The van der Waals surface area contributed by atoms with Crippen molar-refractivity contribution in [2.24, 2.45) is 0 Å². The maximum absolute atomic E-state index is 12.4. The predicted molar refractivity (Wildman–Crippen MR) is 128 cm³/mol. The van der Waals surface area contributed by atoms with Crippen molar-refractivity contribution in [3.05, 3.63) is 54.1 Å². The molecule has 0 saturated carbocycles. The lowest BCUT2D eigenvalue weighted by Crippen LogP contribution is -2.22. The molecule has 0 bridgehead atoms. The van der Waals surface area contributed by atoms with Crippen LogP contribution in [0.4, 0.5) is 10.8 Å². The van der Waals surface area contributed by atoms with E-state index < -0.39 is 0 Å². The number of aromatic nitrogens is 2. The molecule has 2 N–H and O–H groups in total. The number of benzene rings is 2. The van der Waals surface area contributed by atoms with E-state index in [1.165, 1.54) is 35.1 Å². The fourth-order valence-electron chi connectivity index (χ4n) is 2.48. The Morgan fingerprint density at radius 1 is 1.10 bits per heavy atom. The van der Waals surface area contributed by atoms with Gasteiger partial charge in [-0.3, -0.25) is 14.9 Å². The second-order valence-corrected chi connectivity index (χ2v) is 9.67. The zero-order valence-electron chi connectivity index (χ0n) is 17.2. The maximum atomic E-state index is 12.4. The molecule has 0 radical (unpaired) electrons. The van der Waals surface area contributed by atoms with Crippen LogP contribution in [0.15, 0.2) is 58.6 Å². The molecule has 2 aromatic carbocycles. The van der Waals surface area contributed by atoms with Gasteiger partial charge in [-0.15, -0.1) is 11.8 Å². The first-order chi connectivity index (χ1) is 15.0. The van der Waals surface area contributed by atoms with Gasteiger partial charge in [0.05, 0.1) is 12.4 Å². The van der Waals surface area contributed by atoms with Gasteiger partial charge in [0.1, 0.15) is 5.75 Å². The SMILES string of the molecule is CCSc1nsc(NC(=O)C(C)Sc2ccc(NC(=O)c3ccc(OC)cc3)cc2)n1. The molecule has 0 aliphatic carbocycles. The molecule has 0 aliphatic rings. The fraction of sp³-hybridized carbons (Fsp3) is 0.238. The Bertz CT molecular complexity index is 1020. The Morgan fingerprint density at radius 3 is 2.45 bits per heavy atom. The Hall–Kier alpha value is -2.56. The monoisotopic (exact) mass is 474 g/mol. The molecule has 0 aliphatic heterocycles. The van der Waals surface area contributed by atoms with Gasteiger partial charge in [-0.25, -0.2) is 0 Å². The predicted octanol–water partition coefficient (Wildman–Crippen LogP) is 5.03. The molecule has 0 spiro atoms. The van der Waals surface area contributed by atoms with Crippen molar-refractivity contribution in [3.8, 4) is 5.75 Å².